The molecule has 7 nitrogen and oxygen atoms in total. The van der Waals surface area contributed by atoms with Crippen molar-refractivity contribution >= 4 is 18.0 Å². The van der Waals surface area contributed by atoms with Crippen LogP contribution in [0.1, 0.15) is 43.2 Å². The maximum atomic E-state index is 13.0. The van der Waals surface area contributed by atoms with Gasteiger partial charge in [-0.3, -0.25) is 4.79 Å². The molecule has 33 heavy (non-hydrogen) atoms. The highest BCUT2D eigenvalue weighted by molar-refractivity contribution is 5.90. The quantitative estimate of drug-likeness (QED) is 0.728. The average molecular weight is 449 g/mol. The number of carbonyl (C=O) groups is 3. The van der Waals surface area contributed by atoms with Gasteiger partial charge in [-0.15, -0.1) is 0 Å². The van der Waals surface area contributed by atoms with E-state index >= 15 is 0 Å². The predicted molar refractivity (Wildman–Crippen MR) is 122 cm³/mol. The van der Waals surface area contributed by atoms with Crippen LogP contribution in [0.15, 0.2) is 48.5 Å². The first-order valence-electron chi connectivity index (χ1n) is 11.6. The molecule has 2 N–H and O–H groups in total. The molecule has 2 aliphatic carbocycles. The first-order chi connectivity index (χ1) is 16.0. The van der Waals surface area contributed by atoms with E-state index in [1.807, 2.05) is 36.4 Å². The molecule has 1 saturated heterocycles. The molecule has 2 aromatic rings. The highest BCUT2D eigenvalue weighted by atomic mass is 16.5. The SMILES string of the molecule is C[C@H](NC(=O)OCC1c2ccccc2-c2ccccc21)C(=O)N1CC2CCCC2C1C(=O)O. The smallest absolute Gasteiger partial charge is 0.407 e. The van der Waals surface area contributed by atoms with Gasteiger partial charge >= 0.3 is 12.1 Å². The van der Waals surface area contributed by atoms with Crippen LogP contribution in [0, 0.1) is 11.8 Å². The molecule has 3 unspecified atom stereocenters. The Labute approximate surface area is 192 Å². The van der Waals surface area contributed by atoms with E-state index in [0.717, 1.165) is 41.5 Å². The maximum Gasteiger partial charge on any atom is 0.407 e. The Morgan fingerprint density at radius 3 is 2.33 bits per heavy atom. The van der Waals surface area contributed by atoms with Crippen molar-refractivity contribution in [2.24, 2.45) is 11.8 Å². The number of ether oxygens (including phenoxy) is 1. The van der Waals surface area contributed by atoms with Crippen molar-refractivity contribution in [1.29, 1.82) is 0 Å². The Morgan fingerprint density at radius 2 is 1.70 bits per heavy atom. The predicted octanol–water partition coefficient (Wildman–Crippen LogP) is 3.63. The van der Waals surface area contributed by atoms with Crippen LogP contribution >= 0.6 is 0 Å². The minimum absolute atomic E-state index is 0.00750. The van der Waals surface area contributed by atoms with Gasteiger partial charge in [-0.1, -0.05) is 55.0 Å². The van der Waals surface area contributed by atoms with Crippen molar-refractivity contribution < 1.29 is 24.2 Å². The van der Waals surface area contributed by atoms with E-state index in [1.54, 1.807) is 6.92 Å². The zero-order valence-corrected chi connectivity index (χ0v) is 18.6. The molecule has 7 heteroatoms. The number of aliphatic carboxylic acids is 1. The zero-order valence-electron chi connectivity index (χ0n) is 18.6. The van der Waals surface area contributed by atoms with Gasteiger partial charge in [0.2, 0.25) is 5.91 Å². The van der Waals surface area contributed by atoms with E-state index in [1.165, 1.54) is 4.90 Å². The van der Waals surface area contributed by atoms with Gasteiger partial charge in [0.1, 0.15) is 18.7 Å². The molecule has 2 fully saturated rings. The Bertz CT molecular complexity index is 1050. The van der Waals surface area contributed by atoms with Crippen LogP contribution in [0.25, 0.3) is 11.1 Å². The molecule has 172 valence electrons. The lowest BCUT2D eigenvalue weighted by Crippen LogP contribution is -2.51. The lowest BCUT2D eigenvalue weighted by atomic mass is 9.94. The summed E-state index contributed by atoms with van der Waals surface area (Å²) in [6.07, 6.45) is 2.12. The molecule has 3 aliphatic rings. The Morgan fingerprint density at radius 1 is 1.06 bits per heavy atom. The molecule has 0 aromatic heterocycles. The fourth-order valence-corrected chi connectivity index (χ4v) is 5.98. The van der Waals surface area contributed by atoms with Crippen LogP contribution < -0.4 is 5.32 Å². The second-order valence-corrected chi connectivity index (χ2v) is 9.32. The maximum absolute atomic E-state index is 13.0. The third-order valence-corrected chi connectivity index (χ3v) is 7.47. The highest BCUT2D eigenvalue weighted by Gasteiger charge is 2.50. The Kier molecular flexibility index (Phi) is 5.56. The minimum atomic E-state index is -0.967. The molecule has 0 bridgehead atoms. The summed E-state index contributed by atoms with van der Waals surface area (Å²) in [5.74, 6) is -1.16. The second-order valence-electron chi connectivity index (χ2n) is 9.32. The van der Waals surface area contributed by atoms with Gasteiger partial charge in [-0.05, 0) is 53.9 Å². The van der Waals surface area contributed by atoms with Crippen LogP contribution in [0.3, 0.4) is 0 Å². The minimum Gasteiger partial charge on any atom is -0.480 e. The van der Waals surface area contributed by atoms with E-state index < -0.39 is 24.1 Å². The topological polar surface area (TPSA) is 95.9 Å². The number of nitrogens with one attached hydrogen (secondary N) is 1. The van der Waals surface area contributed by atoms with Gasteiger partial charge in [-0.2, -0.15) is 0 Å². The standard InChI is InChI=1S/C26H28N2O5/c1-15(24(29)28-13-16-7-6-12-17(16)23(28)25(30)31)27-26(32)33-14-22-20-10-4-2-8-18(20)19-9-3-5-11-21(19)22/h2-5,8-11,15-17,22-23H,6-7,12-14H2,1H3,(H,27,32)(H,30,31)/t15-,16?,17?,23?/m0/s1. The van der Waals surface area contributed by atoms with E-state index in [-0.39, 0.29) is 30.3 Å². The van der Waals surface area contributed by atoms with Gasteiger partial charge in [0.05, 0.1) is 0 Å². The first-order valence-corrected chi connectivity index (χ1v) is 11.6. The summed E-state index contributed by atoms with van der Waals surface area (Å²) in [6.45, 7) is 2.18. The fraction of sp³-hybridized carbons (Fsp3) is 0.423. The summed E-state index contributed by atoms with van der Waals surface area (Å²) in [7, 11) is 0. The van der Waals surface area contributed by atoms with Crippen LogP contribution in [-0.4, -0.2) is 53.2 Å². The average Bonchev–Trinajstić information content (AvgIpc) is 3.48. The molecule has 2 aromatic carbocycles. The molecule has 1 heterocycles. The summed E-state index contributed by atoms with van der Waals surface area (Å²) in [6, 6.07) is 14.5. The number of hydrogen-bond donors (Lipinski definition) is 2. The summed E-state index contributed by atoms with van der Waals surface area (Å²) in [5.41, 5.74) is 4.52. The monoisotopic (exact) mass is 448 g/mol. The van der Waals surface area contributed by atoms with Crippen LogP contribution in [-0.2, 0) is 14.3 Å². The normalized spacial score (nSPS) is 24.0. The van der Waals surface area contributed by atoms with Crippen LogP contribution in [0.5, 0.6) is 0 Å². The molecule has 1 aliphatic heterocycles. The summed E-state index contributed by atoms with van der Waals surface area (Å²) < 4.78 is 5.53. The molecule has 5 rings (SSSR count). The van der Waals surface area contributed by atoms with Gasteiger partial charge in [0.15, 0.2) is 0 Å². The van der Waals surface area contributed by atoms with Crippen molar-refractivity contribution in [3.05, 3.63) is 59.7 Å². The van der Waals surface area contributed by atoms with Crippen LogP contribution in [0.4, 0.5) is 4.79 Å². The fourth-order valence-electron chi connectivity index (χ4n) is 5.98. The Balaban J connectivity index is 1.22. The number of likely N-dealkylation sites (tertiary alicyclic amines) is 1. The number of nitrogens with zero attached hydrogens (tertiary/aromatic N) is 1. The van der Waals surface area contributed by atoms with Crippen LogP contribution in [0.2, 0.25) is 0 Å². The van der Waals surface area contributed by atoms with Gasteiger partial charge in [0.25, 0.3) is 0 Å². The summed E-state index contributed by atoms with van der Waals surface area (Å²) >= 11 is 0. The molecular weight excluding hydrogens is 420 g/mol. The Hall–Kier alpha value is -3.35. The summed E-state index contributed by atoms with van der Waals surface area (Å²) in [5, 5.41) is 12.3. The lowest BCUT2D eigenvalue weighted by Gasteiger charge is -2.27. The number of carboxylic acid groups (broad SMARTS) is 1. The summed E-state index contributed by atoms with van der Waals surface area (Å²) in [4.78, 5) is 38.8. The third kappa shape index (κ3) is 3.75. The van der Waals surface area contributed by atoms with Gasteiger partial charge < -0.3 is 20.1 Å². The van der Waals surface area contributed by atoms with Gasteiger partial charge in [0, 0.05) is 12.5 Å². The number of carboxylic acids is 1. The van der Waals surface area contributed by atoms with Gasteiger partial charge in [-0.25, -0.2) is 9.59 Å². The number of hydrogen-bond acceptors (Lipinski definition) is 4. The second kappa shape index (κ2) is 8.54. The van der Waals surface area contributed by atoms with E-state index in [4.69, 9.17) is 4.74 Å². The van der Waals surface area contributed by atoms with E-state index in [2.05, 4.69) is 17.4 Å². The number of benzene rings is 2. The van der Waals surface area contributed by atoms with Crippen molar-refractivity contribution in [3.8, 4) is 11.1 Å². The highest BCUT2D eigenvalue weighted by Crippen LogP contribution is 2.45. The van der Waals surface area contributed by atoms with Crippen molar-refractivity contribution in [1.82, 2.24) is 10.2 Å². The molecule has 2 amide bonds. The number of fused-ring (bicyclic) bond motifs is 4. The number of amides is 2. The first kappa shape index (κ1) is 21.5. The number of rotatable bonds is 5. The zero-order chi connectivity index (χ0) is 23.1. The molecular formula is C26H28N2O5. The van der Waals surface area contributed by atoms with Crippen molar-refractivity contribution in [2.75, 3.05) is 13.2 Å². The van der Waals surface area contributed by atoms with E-state index in [0.29, 0.717) is 6.54 Å². The third-order valence-electron chi connectivity index (χ3n) is 7.47. The molecule has 0 radical (unpaired) electrons. The number of carbonyl (C=O) groups excluding carboxylic acids is 2. The molecule has 0 spiro atoms. The van der Waals surface area contributed by atoms with Crippen molar-refractivity contribution in [2.45, 2.75) is 44.2 Å². The van der Waals surface area contributed by atoms with Crippen molar-refractivity contribution in [3.63, 3.8) is 0 Å². The molecule has 1 saturated carbocycles. The van der Waals surface area contributed by atoms with E-state index in [9.17, 15) is 19.5 Å². The number of alkyl carbamates (subject to hydrolysis) is 1. The largest absolute Gasteiger partial charge is 0.480 e. The molecule has 4 atom stereocenters. The lowest BCUT2D eigenvalue weighted by molar-refractivity contribution is -0.150.